The Balaban J connectivity index is -0.000000166. The van der Waals surface area contributed by atoms with E-state index in [1.54, 1.807) is 20.8 Å². The molecule has 1 rings (SSSR count). The molecule has 0 aliphatic heterocycles. The molecule has 1 amide bonds. The van der Waals surface area contributed by atoms with Gasteiger partial charge >= 0.3 is 17.4 Å². The molecule has 15 heteroatoms. The molecule has 0 radical (unpaired) electrons. The van der Waals surface area contributed by atoms with Gasteiger partial charge < -0.3 is 34.1 Å². The van der Waals surface area contributed by atoms with Crippen LogP contribution in [0.4, 0.5) is 5.69 Å². The fourth-order valence-corrected chi connectivity index (χ4v) is 0.747. The largest absolute Gasteiger partial charge is 3.00 e. The Hall–Kier alpha value is -0.808. The predicted octanol–water partition coefficient (Wildman–Crippen LogP) is 1.14. The normalized spacial score (nSPS) is 15.1. The number of benzene rings is 1. The van der Waals surface area contributed by atoms with Gasteiger partial charge in [-0.25, -0.2) is 0 Å². The SMILES string of the molecule is CCP(C)(=O)[O-].CCP(C)(=O)[O-].CCP(C)(=O)[O-].NC(=O)c1ccc([N+](=O)[O-])cc1.[Al+3]. The number of primary amides is 1. The van der Waals surface area contributed by atoms with Gasteiger partial charge in [0.1, 0.15) is 0 Å². The van der Waals surface area contributed by atoms with Gasteiger partial charge in [-0.15, -0.1) is 0 Å². The number of amides is 1. The fraction of sp³-hybridized carbons (Fsp3) is 0.562. The second-order valence-corrected chi connectivity index (χ2v) is 14.1. The number of nitro groups is 1. The Labute approximate surface area is 194 Å². The maximum atomic E-state index is 10.5. The maximum Gasteiger partial charge on any atom is 3.00 e. The summed E-state index contributed by atoms with van der Waals surface area (Å²) >= 11 is 0. The number of carbonyl (C=O) groups is 1. The van der Waals surface area contributed by atoms with E-state index in [0.29, 0.717) is 0 Å². The summed E-state index contributed by atoms with van der Waals surface area (Å²) < 4.78 is 30.1. The first-order valence-electron chi connectivity index (χ1n) is 8.66. The van der Waals surface area contributed by atoms with E-state index in [-0.39, 0.29) is 47.1 Å². The number of non-ortho nitro benzene ring substituents is 1. The molecule has 0 fully saturated rings. The van der Waals surface area contributed by atoms with Crippen molar-refractivity contribution in [3.63, 3.8) is 0 Å². The van der Waals surface area contributed by atoms with Crippen LogP contribution in [-0.2, 0) is 13.7 Å². The van der Waals surface area contributed by atoms with Crippen LogP contribution in [0.25, 0.3) is 0 Å². The van der Waals surface area contributed by atoms with Gasteiger partial charge in [0.2, 0.25) is 5.91 Å². The van der Waals surface area contributed by atoms with E-state index in [0.717, 1.165) is 0 Å². The summed E-state index contributed by atoms with van der Waals surface area (Å²) in [7, 11) is -8.69. The standard InChI is InChI=1S/C7H6N2O3.3C3H9O2P.Al/c8-7(10)5-1-3-6(4-2-5)9(11)12;3*1-3-6(2,4)5;/h1-4H,(H2,8,10);3*3H2,1-2H3,(H,4,5);/q;;;;+3/p-3. The number of hydrogen-bond donors (Lipinski definition) is 1. The average Bonchev–Trinajstić information content (AvgIpc) is 2.61. The monoisotopic (exact) mass is 514 g/mol. The van der Waals surface area contributed by atoms with Gasteiger partial charge in [0.25, 0.3) is 5.69 Å². The molecule has 0 aromatic heterocycles. The fourth-order valence-electron chi connectivity index (χ4n) is 0.747. The van der Waals surface area contributed by atoms with Crippen molar-refractivity contribution in [1.82, 2.24) is 0 Å². The van der Waals surface area contributed by atoms with E-state index in [1.807, 2.05) is 0 Å². The third-order valence-corrected chi connectivity index (χ3v) is 6.53. The zero-order valence-electron chi connectivity index (χ0n) is 18.5. The average molecular weight is 514 g/mol. The summed E-state index contributed by atoms with van der Waals surface area (Å²) in [5.41, 5.74) is 5.14. The first-order chi connectivity index (χ1) is 13.3. The van der Waals surface area contributed by atoms with Gasteiger partial charge in [0.15, 0.2) is 0 Å². The number of hydrogen-bond acceptors (Lipinski definition) is 9. The third-order valence-electron chi connectivity index (χ3n) is 3.09. The predicted molar refractivity (Wildman–Crippen MR) is 120 cm³/mol. The number of carbonyl (C=O) groups excluding carboxylic acids is 1. The van der Waals surface area contributed by atoms with Crippen molar-refractivity contribution in [1.29, 1.82) is 0 Å². The van der Waals surface area contributed by atoms with E-state index in [9.17, 15) is 43.3 Å². The van der Waals surface area contributed by atoms with Crippen LogP contribution in [0.5, 0.6) is 0 Å². The third kappa shape index (κ3) is 31.5. The van der Waals surface area contributed by atoms with E-state index < -0.39 is 32.9 Å². The molecule has 1 aromatic carbocycles. The molecule has 0 aliphatic carbocycles. The van der Waals surface area contributed by atoms with Crippen LogP contribution in [-0.4, -0.2) is 66.7 Å². The molecule has 31 heavy (non-hydrogen) atoms. The second kappa shape index (κ2) is 17.7. The number of nitrogens with two attached hydrogens (primary N) is 1. The van der Waals surface area contributed by atoms with Gasteiger partial charge in [0.05, 0.1) is 4.92 Å². The summed E-state index contributed by atoms with van der Waals surface area (Å²) in [6.07, 6.45) is 0.812. The molecule has 0 heterocycles. The van der Waals surface area contributed by atoms with E-state index in [2.05, 4.69) is 0 Å². The van der Waals surface area contributed by atoms with Crippen molar-refractivity contribution in [2.24, 2.45) is 5.73 Å². The molecule has 2 N–H and O–H groups in total. The number of rotatable bonds is 5. The molecule has 0 spiro atoms. The summed E-state index contributed by atoms with van der Waals surface area (Å²) in [5, 5.41) is 10.2. The summed E-state index contributed by atoms with van der Waals surface area (Å²) in [5.74, 6) is -0.593. The molecule has 176 valence electrons. The molecule has 1 aromatic rings. The van der Waals surface area contributed by atoms with E-state index in [1.165, 1.54) is 44.3 Å². The van der Waals surface area contributed by atoms with Crippen molar-refractivity contribution in [3.8, 4) is 0 Å². The minimum atomic E-state index is -2.90. The van der Waals surface area contributed by atoms with Crippen molar-refractivity contribution >= 4 is 51.1 Å². The first-order valence-corrected chi connectivity index (χ1v) is 15.4. The molecule has 0 saturated heterocycles. The summed E-state index contributed by atoms with van der Waals surface area (Å²) in [6.45, 7) is 8.63. The Morgan fingerprint density at radius 1 is 0.839 bits per heavy atom. The van der Waals surface area contributed by atoms with Crippen LogP contribution in [0.1, 0.15) is 31.1 Å². The van der Waals surface area contributed by atoms with Gasteiger partial charge in [-0.2, -0.15) is 0 Å². The molecule has 3 unspecified atom stereocenters. The minimum absolute atomic E-state index is 0. The van der Waals surface area contributed by atoms with Crippen molar-refractivity contribution in [2.45, 2.75) is 20.8 Å². The van der Waals surface area contributed by atoms with Gasteiger partial charge in [0, 0.05) is 39.8 Å². The number of nitro benzene ring substituents is 1. The molecule has 0 aliphatic rings. The topological polar surface area (TPSA) is 207 Å². The zero-order chi connectivity index (χ0) is 24.8. The van der Waals surface area contributed by atoms with Crippen molar-refractivity contribution < 1.29 is 38.1 Å². The summed E-state index contributed by atoms with van der Waals surface area (Å²) in [4.78, 5) is 50.3. The smallest absolute Gasteiger partial charge is 0.799 e. The van der Waals surface area contributed by atoms with E-state index >= 15 is 0 Å². The Bertz CT molecular complexity index is 701. The van der Waals surface area contributed by atoms with Crippen molar-refractivity contribution in [3.05, 3.63) is 39.9 Å². The van der Waals surface area contributed by atoms with Crippen LogP contribution >= 0.6 is 22.1 Å². The Morgan fingerprint density at radius 3 is 1.19 bits per heavy atom. The molecule has 3 atom stereocenters. The first kappa shape index (κ1) is 37.5. The molecular formula is C16H30AlN2O9P3. The van der Waals surface area contributed by atoms with Crippen molar-refractivity contribution in [2.75, 3.05) is 38.5 Å². The molecule has 0 saturated carbocycles. The van der Waals surface area contributed by atoms with Crippen LogP contribution in [0.15, 0.2) is 24.3 Å². The second-order valence-electron chi connectivity index (χ2n) is 6.16. The molecular weight excluding hydrogens is 484 g/mol. The molecule has 11 nitrogen and oxygen atoms in total. The van der Waals surface area contributed by atoms with Crippen LogP contribution in [0.3, 0.4) is 0 Å². The minimum Gasteiger partial charge on any atom is -0.799 e. The van der Waals surface area contributed by atoms with Gasteiger partial charge in [-0.3, -0.25) is 14.9 Å². The Kier molecular flexibility index (Phi) is 21.4. The maximum absolute atomic E-state index is 10.5. The van der Waals surface area contributed by atoms with Crippen LogP contribution < -0.4 is 20.4 Å². The van der Waals surface area contributed by atoms with Gasteiger partial charge in [-0.1, -0.05) is 20.8 Å². The zero-order valence-corrected chi connectivity index (χ0v) is 22.4. The summed E-state index contributed by atoms with van der Waals surface area (Å²) in [6, 6.07) is 5.11. The van der Waals surface area contributed by atoms with E-state index in [4.69, 9.17) is 5.73 Å². The molecule has 0 bridgehead atoms. The van der Waals surface area contributed by atoms with Crippen LogP contribution in [0, 0.1) is 10.1 Å². The number of nitrogens with zero attached hydrogens (tertiary/aromatic N) is 1. The quantitative estimate of drug-likeness (QED) is 0.258. The Morgan fingerprint density at radius 2 is 1.06 bits per heavy atom. The van der Waals surface area contributed by atoms with Crippen LogP contribution in [0.2, 0.25) is 0 Å². The van der Waals surface area contributed by atoms with Gasteiger partial charge in [-0.05, 0) is 50.6 Å².